The molecule has 0 aromatic heterocycles. The smallest absolute Gasteiger partial charge is 0.282 e. The molecular weight excluding hydrogens is 133 g/mol. The molecule has 0 aliphatic heterocycles. The minimum atomic E-state index is -1.19. The summed E-state index contributed by atoms with van der Waals surface area (Å²) in [4.78, 5) is 19.6. The molecule has 0 saturated carbocycles. The highest BCUT2D eigenvalue weighted by atomic mass is 32.1. The van der Waals surface area contributed by atoms with Crippen LogP contribution in [0.15, 0.2) is 0 Å². The Bertz CT molecular complexity index is 116. The number of alkyl halides is 1. The van der Waals surface area contributed by atoms with Crippen molar-refractivity contribution >= 4 is 23.8 Å². The normalized spacial score (nSPS) is 8.25. The standard InChI is InChI=1S/C3H4FNO2S/c4-1-2(6)5-3(7)8/h1H2,(H2,5,6,7,8). The van der Waals surface area contributed by atoms with Crippen LogP contribution in [0.5, 0.6) is 0 Å². The maximum Gasteiger partial charge on any atom is 0.282 e. The summed E-state index contributed by atoms with van der Waals surface area (Å²) < 4.78 is 11.1. The van der Waals surface area contributed by atoms with E-state index in [9.17, 15) is 14.0 Å². The number of amides is 2. The number of carbonyl (C=O) groups is 2. The van der Waals surface area contributed by atoms with Gasteiger partial charge < -0.3 is 0 Å². The van der Waals surface area contributed by atoms with E-state index in [0.717, 1.165) is 0 Å². The lowest BCUT2D eigenvalue weighted by molar-refractivity contribution is -0.120. The van der Waals surface area contributed by atoms with Crippen molar-refractivity contribution in [1.82, 2.24) is 5.32 Å². The minimum Gasteiger partial charge on any atom is -0.285 e. The molecule has 1 N–H and O–H groups in total. The van der Waals surface area contributed by atoms with Gasteiger partial charge in [0.2, 0.25) is 0 Å². The summed E-state index contributed by atoms with van der Waals surface area (Å²) in [6.45, 7) is -1.19. The first kappa shape index (κ1) is 7.42. The van der Waals surface area contributed by atoms with Gasteiger partial charge in [-0.25, -0.2) is 4.39 Å². The summed E-state index contributed by atoms with van der Waals surface area (Å²) >= 11 is 3.15. The Morgan fingerprint density at radius 3 is 2.25 bits per heavy atom. The lowest BCUT2D eigenvalue weighted by atomic mass is 10.7. The molecule has 46 valence electrons. The number of hydrogen-bond acceptors (Lipinski definition) is 2. The fourth-order valence-corrected chi connectivity index (χ4v) is 0.277. The zero-order valence-corrected chi connectivity index (χ0v) is 4.74. The summed E-state index contributed by atoms with van der Waals surface area (Å²) in [5, 5.41) is 0.764. The largest absolute Gasteiger partial charge is 0.285 e. The highest BCUT2D eigenvalue weighted by molar-refractivity contribution is 7.96. The van der Waals surface area contributed by atoms with Crippen LogP contribution in [0.1, 0.15) is 0 Å². The number of nitrogens with one attached hydrogen (secondary N) is 1. The Morgan fingerprint density at radius 2 is 2.12 bits per heavy atom. The highest BCUT2D eigenvalue weighted by Gasteiger charge is 1.99. The molecule has 5 heteroatoms. The molecule has 0 fully saturated rings. The molecule has 0 saturated heterocycles. The van der Waals surface area contributed by atoms with Crippen molar-refractivity contribution in [1.29, 1.82) is 0 Å². The molecule has 8 heavy (non-hydrogen) atoms. The zero-order valence-electron chi connectivity index (χ0n) is 3.85. The van der Waals surface area contributed by atoms with Crippen molar-refractivity contribution in [3.8, 4) is 0 Å². The quantitative estimate of drug-likeness (QED) is 0.504. The van der Waals surface area contributed by atoms with E-state index in [-0.39, 0.29) is 0 Å². The van der Waals surface area contributed by atoms with Crippen LogP contribution in [0.25, 0.3) is 0 Å². The van der Waals surface area contributed by atoms with Gasteiger partial charge in [-0.15, -0.1) is 0 Å². The van der Waals surface area contributed by atoms with E-state index in [0.29, 0.717) is 0 Å². The molecular formula is C3H4FNO2S. The Balaban J connectivity index is 3.40. The number of rotatable bonds is 1. The van der Waals surface area contributed by atoms with Crippen molar-refractivity contribution in [2.24, 2.45) is 0 Å². The molecule has 0 aromatic rings. The van der Waals surface area contributed by atoms with E-state index in [4.69, 9.17) is 0 Å². The number of thiol groups is 1. The predicted molar refractivity (Wildman–Crippen MR) is 28.5 cm³/mol. The molecule has 0 aromatic carbocycles. The van der Waals surface area contributed by atoms with E-state index >= 15 is 0 Å². The van der Waals surface area contributed by atoms with E-state index in [2.05, 4.69) is 12.6 Å². The fourth-order valence-electron chi connectivity index (χ4n) is 0.153. The molecule has 0 unspecified atom stereocenters. The molecule has 0 aliphatic carbocycles. The van der Waals surface area contributed by atoms with Crippen LogP contribution in [0, 0.1) is 0 Å². The van der Waals surface area contributed by atoms with E-state index in [1.54, 1.807) is 5.32 Å². The van der Waals surface area contributed by atoms with E-state index in [1.807, 2.05) is 0 Å². The average Bonchev–Trinajstić information content (AvgIpc) is 1.65. The highest BCUT2D eigenvalue weighted by Crippen LogP contribution is 1.75. The van der Waals surface area contributed by atoms with Crippen LogP contribution in [-0.4, -0.2) is 17.8 Å². The SMILES string of the molecule is O=C(S)NC(=O)CF. The van der Waals surface area contributed by atoms with Gasteiger partial charge in [-0.05, 0) is 0 Å². The van der Waals surface area contributed by atoms with Gasteiger partial charge in [0, 0.05) is 0 Å². The second-order valence-corrected chi connectivity index (χ2v) is 1.39. The van der Waals surface area contributed by atoms with Crippen LogP contribution in [0.2, 0.25) is 0 Å². The first-order valence-corrected chi connectivity index (χ1v) is 2.20. The molecule has 0 bridgehead atoms. The summed E-state index contributed by atoms with van der Waals surface area (Å²) in [5.41, 5.74) is 0. The molecule has 0 radical (unpaired) electrons. The molecule has 3 nitrogen and oxygen atoms in total. The summed E-state index contributed by atoms with van der Waals surface area (Å²) in [7, 11) is 0. The van der Waals surface area contributed by atoms with Gasteiger partial charge in [0.05, 0.1) is 0 Å². The number of imide groups is 1. The summed E-state index contributed by atoms with van der Waals surface area (Å²) in [6, 6.07) is 0. The van der Waals surface area contributed by atoms with Crippen LogP contribution in [0.3, 0.4) is 0 Å². The molecule has 0 rings (SSSR count). The fraction of sp³-hybridized carbons (Fsp3) is 0.333. The zero-order chi connectivity index (χ0) is 6.57. The van der Waals surface area contributed by atoms with Gasteiger partial charge in [-0.3, -0.25) is 14.9 Å². The lowest BCUT2D eigenvalue weighted by Gasteiger charge is -1.90. The molecule has 0 heterocycles. The Kier molecular flexibility index (Phi) is 3.18. The molecule has 0 aliphatic rings. The predicted octanol–water partition coefficient (Wildman–Crippen LogP) is 0.122. The summed E-state index contributed by atoms with van der Waals surface area (Å²) in [6.07, 6.45) is 0. The van der Waals surface area contributed by atoms with Crippen LogP contribution >= 0.6 is 12.6 Å². The van der Waals surface area contributed by atoms with Crippen LogP contribution in [-0.2, 0) is 4.79 Å². The van der Waals surface area contributed by atoms with Crippen LogP contribution < -0.4 is 5.32 Å². The van der Waals surface area contributed by atoms with Crippen molar-refractivity contribution in [2.45, 2.75) is 0 Å². The van der Waals surface area contributed by atoms with Gasteiger partial charge in [0.25, 0.3) is 11.1 Å². The Labute approximate surface area is 50.7 Å². The van der Waals surface area contributed by atoms with Gasteiger partial charge in [-0.2, -0.15) is 0 Å². The van der Waals surface area contributed by atoms with Crippen molar-refractivity contribution in [2.75, 3.05) is 6.67 Å². The van der Waals surface area contributed by atoms with Crippen LogP contribution in [0.4, 0.5) is 9.18 Å². The minimum absolute atomic E-state index is 0.840. The Morgan fingerprint density at radius 1 is 1.62 bits per heavy atom. The molecule has 0 spiro atoms. The third kappa shape index (κ3) is 3.60. The second kappa shape index (κ2) is 3.43. The van der Waals surface area contributed by atoms with Gasteiger partial charge >= 0.3 is 0 Å². The number of carbonyl (C=O) groups excluding carboxylic acids is 2. The topological polar surface area (TPSA) is 46.2 Å². The summed E-state index contributed by atoms with van der Waals surface area (Å²) in [5.74, 6) is -0.968. The maximum absolute atomic E-state index is 11.1. The van der Waals surface area contributed by atoms with E-state index in [1.165, 1.54) is 0 Å². The maximum atomic E-state index is 11.1. The Hall–Kier alpha value is -0.580. The second-order valence-electron chi connectivity index (χ2n) is 0.987. The van der Waals surface area contributed by atoms with Gasteiger partial charge in [0.1, 0.15) is 0 Å². The average molecular weight is 137 g/mol. The third-order valence-corrected chi connectivity index (χ3v) is 0.480. The first-order valence-electron chi connectivity index (χ1n) is 1.75. The van der Waals surface area contributed by atoms with Gasteiger partial charge in [-0.1, -0.05) is 12.6 Å². The number of hydrogen-bond donors (Lipinski definition) is 2. The molecule has 0 atom stereocenters. The van der Waals surface area contributed by atoms with Crippen molar-refractivity contribution in [3.63, 3.8) is 0 Å². The van der Waals surface area contributed by atoms with Gasteiger partial charge in [0.15, 0.2) is 6.67 Å². The first-order chi connectivity index (χ1) is 3.66. The third-order valence-electron chi connectivity index (χ3n) is 0.368. The molecule has 2 amide bonds. The lowest BCUT2D eigenvalue weighted by Crippen LogP contribution is -2.26. The van der Waals surface area contributed by atoms with E-state index < -0.39 is 17.8 Å². The monoisotopic (exact) mass is 137 g/mol. The van der Waals surface area contributed by atoms with Crippen molar-refractivity contribution < 1.29 is 14.0 Å². The number of halogens is 1. The van der Waals surface area contributed by atoms with Crippen molar-refractivity contribution in [3.05, 3.63) is 0 Å².